The highest BCUT2D eigenvalue weighted by Gasteiger charge is 2.15. The van der Waals surface area contributed by atoms with Crippen molar-refractivity contribution < 1.29 is 14.3 Å². The number of aromatic nitrogens is 3. The summed E-state index contributed by atoms with van der Waals surface area (Å²) in [6.07, 6.45) is 2.31. The van der Waals surface area contributed by atoms with Gasteiger partial charge in [0.1, 0.15) is 11.3 Å². The van der Waals surface area contributed by atoms with E-state index in [1.165, 1.54) is 7.11 Å². The van der Waals surface area contributed by atoms with Crippen LogP contribution in [-0.2, 0) is 16.1 Å². The number of esters is 1. The number of ether oxygens (including phenoxy) is 1. The van der Waals surface area contributed by atoms with Crippen molar-refractivity contribution in [3.63, 3.8) is 0 Å². The fraction of sp³-hybridized carbons (Fsp3) is 0.333. The summed E-state index contributed by atoms with van der Waals surface area (Å²) in [6.45, 7) is 4.35. The molecule has 0 aliphatic rings. The van der Waals surface area contributed by atoms with Crippen molar-refractivity contribution in [3.05, 3.63) is 52.4 Å². The number of amides is 1. The summed E-state index contributed by atoms with van der Waals surface area (Å²) in [5, 5.41) is 3.40. The van der Waals surface area contributed by atoms with E-state index in [-0.39, 0.29) is 11.6 Å². The topological polar surface area (TPSA) is 86.1 Å². The van der Waals surface area contributed by atoms with Gasteiger partial charge in [0.25, 0.3) is 0 Å². The van der Waals surface area contributed by atoms with Crippen LogP contribution in [0.4, 0.5) is 5.69 Å². The number of nitrogens with one attached hydrogen (secondary N) is 1. The highest BCUT2D eigenvalue weighted by atomic mass is 35.5. The summed E-state index contributed by atoms with van der Waals surface area (Å²) < 4.78 is 6.64. The van der Waals surface area contributed by atoms with Crippen LogP contribution in [0.2, 0.25) is 5.02 Å². The highest BCUT2D eigenvalue weighted by Crippen LogP contribution is 2.24. The number of aryl methyl sites for hydroxylation is 1. The third-order valence-corrected chi connectivity index (χ3v) is 4.95. The van der Waals surface area contributed by atoms with Crippen molar-refractivity contribution in [1.29, 1.82) is 0 Å². The third kappa shape index (κ3) is 4.74. The predicted octanol–water partition coefficient (Wildman–Crippen LogP) is 4.36. The fourth-order valence-electron chi connectivity index (χ4n) is 3.01. The van der Waals surface area contributed by atoms with E-state index in [1.807, 2.05) is 30.5 Å². The Morgan fingerprint density at radius 1 is 1.21 bits per heavy atom. The zero-order chi connectivity index (χ0) is 21.0. The molecular formula is C21H23ClN4O3. The molecule has 7 nitrogen and oxygen atoms in total. The van der Waals surface area contributed by atoms with E-state index in [0.717, 1.165) is 24.2 Å². The zero-order valence-electron chi connectivity index (χ0n) is 16.7. The lowest BCUT2D eigenvalue weighted by molar-refractivity contribution is -0.116. The van der Waals surface area contributed by atoms with E-state index in [1.54, 1.807) is 18.2 Å². The molecule has 1 aromatic carbocycles. The average Bonchev–Trinajstić information content (AvgIpc) is 3.02. The van der Waals surface area contributed by atoms with Crippen molar-refractivity contribution >= 4 is 40.3 Å². The maximum atomic E-state index is 11.9. The normalized spacial score (nSPS) is 10.9. The van der Waals surface area contributed by atoms with Gasteiger partial charge in [0.2, 0.25) is 5.91 Å². The number of hydrogen-bond donors (Lipinski definition) is 1. The van der Waals surface area contributed by atoms with Crippen LogP contribution >= 0.6 is 11.6 Å². The summed E-state index contributed by atoms with van der Waals surface area (Å²) >= 11 is 6.46. The molecule has 0 aliphatic carbocycles. The molecule has 3 aromatic rings. The minimum atomic E-state index is -0.501. The van der Waals surface area contributed by atoms with Gasteiger partial charge in [-0.3, -0.25) is 4.79 Å². The number of nitrogens with zero attached hydrogens (tertiary/aromatic N) is 3. The first-order valence-corrected chi connectivity index (χ1v) is 9.81. The summed E-state index contributed by atoms with van der Waals surface area (Å²) in [5.41, 5.74) is 3.01. The lowest BCUT2D eigenvalue weighted by Gasteiger charge is -2.11. The molecule has 29 heavy (non-hydrogen) atoms. The molecule has 0 spiro atoms. The number of rotatable bonds is 7. The number of pyridine rings is 1. The summed E-state index contributed by atoms with van der Waals surface area (Å²) in [4.78, 5) is 32.6. The van der Waals surface area contributed by atoms with Gasteiger partial charge in [0, 0.05) is 17.1 Å². The molecule has 1 N–H and O–H groups in total. The third-order valence-electron chi connectivity index (χ3n) is 4.60. The number of carbonyl (C=O) groups excluding carboxylic acids is 2. The van der Waals surface area contributed by atoms with Crippen LogP contribution in [0.15, 0.2) is 30.3 Å². The van der Waals surface area contributed by atoms with Gasteiger partial charge in [0.15, 0.2) is 11.3 Å². The van der Waals surface area contributed by atoms with Crippen LogP contribution in [-0.4, -0.2) is 33.5 Å². The average molecular weight is 415 g/mol. The van der Waals surface area contributed by atoms with Gasteiger partial charge in [0.05, 0.1) is 13.7 Å². The van der Waals surface area contributed by atoms with Crippen molar-refractivity contribution in [2.75, 3.05) is 12.4 Å². The van der Waals surface area contributed by atoms with E-state index >= 15 is 0 Å². The monoisotopic (exact) mass is 414 g/mol. The molecule has 0 fully saturated rings. The van der Waals surface area contributed by atoms with E-state index in [4.69, 9.17) is 16.3 Å². The molecule has 1 amide bonds. The number of unbranched alkanes of at least 4 members (excludes halogenated alkanes) is 1. The number of carbonyl (C=O) groups is 2. The zero-order valence-corrected chi connectivity index (χ0v) is 17.4. The molecule has 2 heterocycles. The number of benzene rings is 1. The standard InChI is InChI=1S/C21H23ClN4O3/c1-4-5-6-19(27)24-15-8-7-14(16(22)11-15)12-26-13(2)23-17-9-10-18(21(28)29-3)25-20(17)26/h7-11H,4-6,12H2,1-3H3,(H,24,27). The van der Waals surface area contributed by atoms with E-state index in [9.17, 15) is 9.59 Å². The Kier molecular flexibility index (Phi) is 6.49. The van der Waals surface area contributed by atoms with Crippen LogP contribution in [0.5, 0.6) is 0 Å². The van der Waals surface area contributed by atoms with Crippen LogP contribution in [0, 0.1) is 6.92 Å². The molecule has 0 bridgehead atoms. The summed E-state index contributed by atoms with van der Waals surface area (Å²) in [7, 11) is 1.32. The Morgan fingerprint density at radius 3 is 2.69 bits per heavy atom. The Bertz CT molecular complexity index is 1060. The molecular weight excluding hydrogens is 392 g/mol. The van der Waals surface area contributed by atoms with E-state index in [0.29, 0.717) is 34.8 Å². The molecule has 0 saturated carbocycles. The van der Waals surface area contributed by atoms with Crippen LogP contribution in [0.1, 0.15) is 48.1 Å². The van der Waals surface area contributed by atoms with Crippen LogP contribution in [0.3, 0.4) is 0 Å². The van der Waals surface area contributed by atoms with E-state index in [2.05, 4.69) is 15.3 Å². The molecule has 152 valence electrons. The number of halogens is 1. The molecule has 8 heteroatoms. The minimum absolute atomic E-state index is 0.0216. The Labute approximate surface area is 174 Å². The maximum Gasteiger partial charge on any atom is 0.356 e. The SMILES string of the molecule is CCCCC(=O)Nc1ccc(Cn2c(C)nc3ccc(C(=O)OC)nc32)c(Cl)c1. The van der Waals surface area contributed by atoms with Gasteiger partial charge in [-0.25, -0.2) is 14.8 Å². The maximum absolute atomic E-state index is 11.9. The van der Waals surface area contributed by atoms with Crippen molar-refractivity contribution in [3.8, 4) is 0 Å². The number of fused-ring (bicyclic) bond motifs is 1. The van der Waals surface area contributed by atoms with Gasteiger partial charge in [-0.05, 0) is 43.2 Å². The first-order valence-electron chi connectivity index (χ1n) is 9.43. The quantitative estimate of drug-likeness (QED) is 0.580. The molecule has 3 rings (SSSR count). The molecule has 0 atom stereocenters. The smallest absolute Gasteiger partial charge is 0.356 e. The van der Waals surface area contributed by atoms with Crippen LogP contribution in [0.25, 0.3) is 11.2 Å². The summed E-state index contributed by atoms with van der Waals surface area (Å²) in [5.74, 6) is 0.229. The number of methoxy groups -OCH3 is 1. The highest BCUT2D eigenvalue weighted by molar-refractivity contribution is 6.31. The van der Waals surface area contributed by atoms with Gasteiger partial charge in [-0.1, -0.05) is 31.0 Å². The molecule has 0 radical (unpaired) electrons. The lowest BCUT2D eigenvalue weighted by Crippen LogP contribution is -2.11. The van der Waals surface area contributed by atoms with Crippen molar-refractivity contribution in [2.45, 2.75) is 39.7 Å². The van der Waals surface area contributed by atoms with Gasteiger partial charge >= 0.3 is 5.97 Å². The van der Waals surface area contributed by atoms with Crippen molar-refractivity contribution in [2.24, 2.45) is 0 Å². The number of anilines is 1. The predicted molar refractivity (Wildman–Crippen MR) is 112 cm³/mol. The van der Waals surface area contributed by atoms with Crippen molar-refractivity contribution in [1.82, 2.24) is 14.5 Å². The Morgan fingerprint density at radius 2 is 2.00 bits per heavy atom. The molecule has 2 aromatic heterocycles. The molecule has 0 unspecified atom stereocenters. The van der Waals surface area contributed by atoms with Crippen LogP contribution < -0.4 is 5.32 Å². The Hall–Kier alpha value is -2.93. The number of hydrogen-bond acceptors (Lipinski definition) is 5. The second-order valence-corrected chi connectivity index (χ2v) is 7.14. The molecule has 0 aliphatic heterocycles. The fourth-order valence-corrected chi connectivity index (χ4v) is 3.25. The van der Waals surface area contributed by atoms with E-state index < -0.39 is 5.97 Å². The second-order valence-electron chi connectivity index (χ2n) is 6.73. The van der Waals surface area contributed by atoms with Gasteiger partial charge < -0.3 is 14.6 Å². The first kappa shape index (κ1) is 20.8. The number of imidazole rings is 1. The van der Waals surface area contributed by atoms with Gasteiger partial charge in [-0.15, -0.1) is 0 Å². The lowest BCUT2D eigenvalue weighted by atomic mass is 10.2. The van der Waals surface area contributed by atoms with Gasteiger partial charge in [-0.2, -0.15) is 0 Å². The Balaban J connectivity index is 1.86. The largest absolute Gasteiger partial charge is 0.464 e. The summed E-state index contributed by atoms with van der Waals surface area (Å²) in [6, 6.07) is 8.77. The first-order chi connectivity index (χ1) is 13.9. The minimum Gasteiger partial charge on any atom is -0.464 e. The molecule has 0 saturated heterocycles. The second kappa shape index (κ2) is 9.05.